The van der Waals surface area contributed by atoms with Crippen LogP contribution in [0.25, 0.3) is 11.5 Å². The molecule has 1 unspecified atom stereocenters. The number of para-hydroxylation sites is 2. The van der Waals surface area contributed by atoms with Gasteiger partial charge in [0.15, 0.2) is 17.5 Å². The number of nitriles is 1. The Hall–Kier alpha value is -3.99. The maximum atomic E-state index is 12.7. The highest BCUT2D eigenvalue weighted by Gasteiger charge is 2.28. The van der Waals surface area contributed by atoms with Gasteiger partial charge in [0, 0.05) is 11.1 Å². The molecule has 1 amide bonds. The zero-order valence-corrected chi connectivity index (χ0v) is 15.9. The van der Waals surface area contributed by atoms with E-state index in [0.29, 0.717) is 35.3 Å². The third-order valence-corrected chi connectivity index (χ3v) is 4.04. The molecule has 0 saturated carbocycles. The standard InChI is InChI=1S/C21H18N4O4/c1-3-28-18-7-5-4-6-17(18)24-20(27)16(12-22)19(26)14-8-10-15(11-9-14)21-23-13(2)25-29-21/h4-11,16H,3H2,1-2H3,(H,24,27). The van der Waals surface area contributed by atoms with Gasteiger partial charge in [0.05, 0.1) is 18.4 Å². The highest BCUT2D eigenvalue weighted by atomic mass is 16.5. The third-order valence-electron chi connectivity index (χ3n) is 4.04. The number of carbonyl (C=O) groups excluding carboxylic acids is 2. The molecule has 1 atom stereocenters. The molecule has 0 aliphatic rings. The van der Waals surface area contributed by atoms with Crippen molar-refractivity contribution in [3.63, 3.8) is 0 Å². The number of anilines is 1. The van der Waals surface area contributed by atoms with Crippen LogP contribution in [0.1, 0.15) is 23.1 Å². The van der Waals surface area contributed by atoms with Crippen LogP contribution >= 0.6 is 0 Å². The number of benzene rings is 2. The van der Waals surface area contributed by atoms with E-state index in [1.807, 2.05) is 6.92 Å². The van der Waals surface area contributed by atoms with E-state index in [2.05, 4.69) is 15.5 Å². The molecule has 0 aliphatic heterocycles. The van der Waals surface area contributed by atoms with Gasteiger partial charge in [-0.15, -0.1) is 0 Å². The van der Waals surface area contributed by atoms with Crippen molar-refractivity contribution in [3.05, 3.63) is 59.9 Å². The first-order valence-corrected chi connectivity index (χ1v) is 8.90. The van der Waals surface area contributed by atoms with Crippen molar-refractivity contribution >= 4 is 17.4 Å². The molecule has 8 heteroatoms. The Kier molecular flexibility index (Phi) is 6.00. The predicted octanol–water partition coefficient (Wildman–Crippen LogP) is 3.40. The van der Waals surface area contributed by atoms with Gasteiger partial charge in [-0.25, -0.2) is 0 Å². The van der Waals surface area contributed by atoms with Crippen LogP contribution in [0, 0.1) is 24.2 Å². The number of rotatable bonds is 7. The number of hydrogen-bond donors (Lipinski definition) is 1. The van der Waals surface area contributed by atoms with Crippen molar-refractivity contribution in [2.24, 2.45) is 5.92 Å². The predicted molar refractivity (Wildman–Crippen MR) is 104 cm³/mol. The molecular formula is C21H18N4O4. The molecule has 2 aromatic carbocycles. The Morgan fingerprint density at radius 2 is 1.93 bits per heavy atom. The molecular weight excluding hydrogens is 372 g/mol. The van der Waals surface area contributed by atoms with Crippen LogP contribution in [0.2, 0.25) is 0 Å². The van der Waals surface area contributed by atoms with E-state index in [0.717, 1.165) is 0 Å². The molecule has 0 aliphatic carbocycles. The molecule has 1 heterocycles. The molecule has 146 valence electrons. The second-order valence-electron chi connectivity index (χ2n) is 6.07. The quantitative estimate of drug-likeness (QED) is 0.485. The second kappa shape index (κ2) is 8.80. The molecule has 3 rings (SSSR count). The maximum Gasteiger partial charge on any atom is 0.257 e. The van der Waals surface area contributed by atoms with E-state index in [1.165, 1.54) is 12.1 Å². The maximum absolute atomic E-state index is 12.7. The minimum absolute atomic E-state index is 0.227. The first kappa shape index (κ1) is 19.8. The fraction of sp³-hybridized carbons (Fsp3) is 0.190. The lowest BCUT2D eigenvalue weighted by atomic mass is 9.97. The van der Waals surface area contributed by atoms with E-state index >= 15 is 0 Å². The average Bonchev–Trinajstić information content (AvgIpc) is 3.16. The van der Waals surface area contributed by atoms with Gasteiger partial charge in [0.2, 0.25) is 5.91 Å². The lowest BCUT2D eigenvalue weighted by molar-refractivity contribution is -0.117. The van der Waals surface area contributed by atoms with Crippen LogP contribution in [0.4, 0.5) is 5.69 Å². The number of ether oxygens (including phenoxy) is 1. The highest BCUT2D eigenvalue weighted by molar-refractivity contribution is 6.15. The molecule has 0 spiro atoms. The highest BCUT2D eigenvalue weighted by Crippen LogP contribution is 2.25. The number of amides is 1. The zero-order valence-electron chi connectivity index (χ0n) is 15.9. The summed E-state index contributed by atoms with van der Waals surface area (Å²) in [6, 6.07) is 14.9. The minimum atomic E-state index is -1.50. The topological polar surface area (TPSA) is 118 Å². The number of nitrogens with zero attached hydrogens (tertiary/aromatic N) is 3. The monoisotopic (exact) mass is 390 g/mol. The smallest absolute Gasteiger partial charge is 0.257 e. The summed E-state index contributed by atoms with van der Waals surface area (Å²) in [5.74, 6) is -1.54. The van der Waals surface area contributed by atoms with Crippen molar-refractivity contribution in [1.82, 2.24) is 10.1 Å². The van der Waals surface area contributed by atoms with E-state index in [-0.39, 0.29) is 5.56 Å². The molecule has 3 aromatic rings. The first-order chi connectivity index (χ1) is 14.0. The number of aromatic nitrogens is 2. The summed E-state index contributed by atoms with van der Waals surface area (Å²) in [5.41, 5.74) is 1.25. The van der Waals surface area contributed by atoms with Gasteiger partial charge in [0.25, 0.3) is 5.89 Å². The van der Waals surface area contributed by atoms with E-state index < -0.39 is 17.6 Å². The molecule has 1 N–H and O–H groups in total. The Morgan fingerprint density at radius 3 is 2.55 bits per heavy atom. The minimum Gasteiger partial charge on any atom is -0.492 e. The van der Waals surface area contributed by atoms with E-state index in [9.17, 15) is 14.9 Å². The summed E-state index contributed by atoms with van der Waals surface area (Å²) in [5, 5.41) is 15.7. The Balaban J connectivity index is 1.76. The number of ketones is 1. The van der Waals surface area contributed by atoms with Crippen LogP contribution in [-0.2, 0) is 4.79 Å². The number of Topliss-reactive ketones (excluding diaryl/α,β-unsaturated/α-hetero) is 1. The van der Waals surface area contributed by atoms with Gasteiger partial charge >= 0.3 is 0 Å². The van der Waals surface area contributed by atoms with Crippen molar-refractivity contribution < 1.29 is 18.8 Å². The Bertz CT molecular complexity index is 1070. The molecule has 0 saturated heterocycles. The van der Waals surface area contributed by atoms with Gasteiger partial charge in [-0.1, -0.05) is 29.4 Å². The Morgan fingerprint density at radius 1 is 1.21 bits per heavy atom. The van der Waals surface area contributed by atoms with Gasteiger partial charge in [-0.2, -0.15) is 10.2 Å². The van der Waals surface area contributed by atoms with Crippen molar-refractivity contribution in [3.8, 4) is 23.3 Å². The third kappa shape index (κ3) is 4.47. The largest absolute Gasteiger partial charge is 0.492 e. The van der Waals surface area contributed by atoms with Gasteiger partial charge in [0.1, 0.15) is 5.75 Å². The average molecular weight is 390 g/mol. The molecule has 1 aromatic heterocycles. The van der Waals surface area contributed by atoms with Crippen LogP contribution in [0.5, 0.6) is 5.75 Å². The van der Waals surface area contributed by atoms with E-state index in [1.54, 1.807) is 49.4 Å². The molecule has 0 bridgehead atoms. The zero-order chi connectivity index (χ0) is 20.8. The van der Waals surface area contributed by atoms with Crippen molar-refractivity contribution in [2.45, 2.75) is 13.8 Å². The van der Waals surface area contributed by atoms with Gasteiger partial charge in [-0.05, 0) is 38.1 Å². The lowest BCUT2D eigenvalue weighted by Crippen LogP contribution is -2.28. The number of carbonyl (C=O) groups is 2. The number of nitrogens with one attached hydrogen (secondary N) is 1. The molecule has 0 radical (unpaired) electrons. The first-order valence-electron chi connectivity index (χ1n) is 8.90. The molecule has 8 nitrogen and oxygen atoms in total. The number of aryl methyl sites for hydroxylation is 1. The van der Waals surface area contributed by atoms with Gasteiger partial charge < -0.3 is 14.6 Å². The van der Waals surface area contributed by atoms with E-state index in [4.69, 9.17) is 9.26 Å². The van der Waals surface area contributed by atoms with Crippen LogP contribution in [0.3, 0.4) is 0 Å². The van der Waals surface area contributed by atoms with Crippen LogP contribution in [0.15, 0.2) is 53.1 Å². The summed E-state index contributed by atoms with van der Waals surface area (Å²) in [7, 11) is 0. The number of hydrogen-bond acceptors (Lipinski definition) is 7. The summed E-state index contributed by atoms with van der Waals surface area (Å²) < 4.78 is 10.5. The SMILES string of the molecule is CCOc1ccccc1NC(=O)C(C#N)C(=O)c1ccc(-c2nc(C)no2)cc1. The molecule has 29 heavy (non-hydrogen) atoms. The van der Waals surface area contributed by atoms with Gasteiger partial charge in [-0.3, -0.25) is 9.59 Å². The fourth-order valence-corrected chi connectivity index (χ4v) is 2.65. The summed E-state index contributed by atoms with van der Waals surface area (Å²) in [4.78, 5) is 29.4. The summed E-state index contributed by atoms with van der Waals surface area (Å²) >= 11 is 0. The van der Waals surface area contributed by atoms with Crippen LogP contribution in [-0.4, -0.2) is 28.4 Å². The summed E-state index contributed by atoms with van der Waals surface area (Å²) in [6.07, 6.45) is 0. The molecule has 0 fully saturated rings. The van der Waals surface area contributed by atoms with Crippen LogP contribution < -0.4 is 10.1 Å². The second-order valence-corrected chi connectivity index (χ2v) is 6.07. The fourth-order valence-electron chi connectivity index (χ4n) is 2.65. The Labute approximate surface area is 167 Å². The summed E-state index contributed by atoms with van der Waals surface area (Å²) in [6.45, 7) is 3.93. The van der Waals surface area contributed by atoms with Crippen molar-refractivity contribution in [1.29, 1.82) is 5.26 Å². The lowest BCUT2D eigenvalue weighted by Gasteiger charge is -2.13. The van der Waals surface area contributed by atoms with Crippen molar-refractivity contribution in [2.75, 3.05) is 11.9 Å². The normalized spacial score (nSPS) is 11.3.